The summed E-state index contributed by atoms with van der Waals surface area (Å²) < 4.78 is 1.38. The van der Waals surface area contributed by atoms with Gasteiger partial charge in [-0.15, -0.1) is 0 Å². The van der Waals surface area contributed by atoms with Gasteiger partial charge < -0.3 is 10.0 Å². The summed E-state index contributed by atoms with van der Waals surface area (Å²) in [5, 5.41) is 13.2. The summed E-state index contributed by atoms with van der Waals surface area (Å²) in [6.07, 6.45) is 3.66. The molecule has 0 saturated carbocycles. The van der Waals surface area contributed by atoms with E-state index in [9.17, 15) is 9.59 Å². The Morgan fingerprint density at radius 2 is 2.15 bits per heavy atom. The number of nitrogens with zero attached hydrogens (tertiary/aromatic N) is 4. The molecular formula is C13H18N4O3. The maximum Gasteiger partial charge on any atom is 0.339 e. The van der Waals surface area contributed by atoms with Crippen LogP contribution < -0.4 is 0 Å². The zero-order valence-corrected chi connectivity index (χ0v) is 11.4. The van der Waals surface area contributed by atoms with E-state index < -0.39 is 5.97 Å². The molecule has 0 unspecified atom stereocenters. The highest BCUT2D eigenvalue weighted by Gasteiger charge is 2.34. The van der Waals surface area contributed by atoms with Gasteiger partial charge in [0.05, 0.1) is 0 Å². The van der Waals surface area contributed by atoms with Crippen molar-refractivity contribution >= 4 is 11.9 Å². The number of aromatic nitrogens is 2. The number of rotatable bonds is 2. The summed E-state index contributed by atoms with van der Waals surface area (Å²) in [7, 11) is 1.62. The Morgan fingerprint density at radius 1 is 1.35 bits per heavy atom. The number of hydrogen-bond donors (Lipinski definition) is 1. The number of carboxylic acids is 1. The van der Waals surface area contributed by atoms with Gasteiger partial charge in [0.25, 0.3) is 5.91 Å². The number of carboxylic acid groups (broad SMARTS) is 1. The second-order valence-electron chi connectivity index (χ2n) is 5.45. The first-order valence-corrected chi connectivity index (χ1v) is 6.86. The summed E-state index contributed by atoms with van der Waals surface area (Å²) in [5.41, 5.74) is 0.0257. The Hall–Kier alpha value is -1.89. The van der Waals surface area contributed by atoms with E-state index in [1.165, 1.54) is 17.3 Å². The third kappa shape index (κ3) is 2.18. The van der Waals surface area contributed by atoms with E-state index in [4.69, 9.17) is 5.11 Å². The van der Waals surface area contributed by atoms with Crippen LogP contribution in [0, 0.1) is 0 Å². The maximum atomic E-state index is 12.5. The molecule has 1 N–H and O–H groups in total. The van der Waals surface area contributed by atoms with E-state index in [0.29, 0.717) is 19.1 Å². The Labute approximate surface area is 116 Å². The van der Waals surface area contributed by atoms with E-state index in [1.54, 1.807) is 11.9 Å². The van der Waals surface area contributed by atoms with Crippen LogP contribution in [-0.4, -0.2) is 68.8 Å². The third-order valence-corrected chi connectivity index (χ3v) is 4.14. The van der Waals surface area contributed by atoms with Crippen molar-refractivity contribution in [2.75, 3.05) is 26.2 Å². The summed E-state index contributed by atoms with van der Waals surface area (Å²) >= 11 is 0. The number of aryl methyl sites for hydroxylation is 1. The molecule has 0 radical (unpaired) electrons. The van der Waals surface area contributed by atoms with Crippen LogP contribution in [0.15, 0.2) is 6.20 Å². The minimum atomic E-state index is -1.11. The molecule has 20 heavy (non-hydrogen) atoms. The zero-order chi connectivity index (χ0) is 14.3. The van der Waals surface area contributed by atoms with Crippen LogP contribution in [0.1, 0.15) is 33.7 Å². The monoisotopic (exact) mass is 278 g/mol. The van der Waals surface area contributed by atoms with E-state index >= 15 is 0 Å². The molecule has 3 heterocycles. The fourth-order valence-electron chi connectivity index (χ4n) is 3.13. The van der Waals surface area contributed by atoms with Crippen molar-refractivity contribution in [3.8, 4) is 0 Å². The molecule has 0 aliphatic carbocycles. The summed E-state index contributed by atoms with van der Waals surface area (Å²) in [4.78, 5) is 27.8. The van der Waals surface area contributed by atoms with Gasteiger partial charge in [-0.1, -0.05) is 0 Å². The van der Waals surface area contributed by atoms with Gasteiger partial charge in [-0.2, -0.15) is 5.10 Å². The number of fused-ring (bicyclic) bond motifs is 1. The minimum Gasteiger partial charge on any atom is -0.478 e. The molecule has 2 saturated heterocycles. The Balaban J connectivity index is 1.80. The lowest BCUT2D eigenvalue weighted by Gasteiger charge is -2.37. The second-order valence-corrected chi connectivity index (χ2v) is 5.45. The molecule has 1 aromatic heterocycles. The smallest absolute Gasteiger partial charge is 0.339 e. The fourth-order valence-corrected chi connectivity index (χ4v) is 3.13. The van der Waals surface area contributed by atoms with E-state index in [-0.39, 0.29) is 17.2 Å². The van der Waals surface area contributed by atoms with Gasteiger partial charge in [0.1, 0.15) is 5.56 Å². The molecule has 0 aromatic carbocycles. The highest BCUT2D eigenvalue weighted by Crippen LogP contribution is 2.22. The number of piperazine rings is 1. The van der Waals surface area contributed by atoms with E-state index in [1.807, 2.05) is 0 Å². The van der Waals surface area contributed by atoms with Crippen molar-refractivity contribution in [3.05, 3.63) is 17.5 Å². The van der Waals surface area contributed by atoms with Gasteiger partial charge in [-0.3, -0.25) is 14.4 Å². The normalized spacial score (nSPS) is 22.9. The van der Waals surface area contributed by atoms with Crippen LogP contribution in [0.25, 0.3) is 0 Å². The quantitative estimate of drug-likeness (QED) is 0.826. The van der Waals surface area contributed by atoms with E-state index in [0.717, 1.165) is 19.5 Å². The minimum absolute atomic E-state index is 0.0219. The highest BCUT2D eigenvalue weighted by molar-refractivity contribution is 6.03. The van der Waals surface area contributed by atoms with Crippen molar-refractivity contribution < 1.29 is 14.7 Å². The predicted molar refractivity (Wildman–Crippen MR) is 70.7 cm³/mol. The molecule has 2 fully saturated rings. The van der Waals surface area contributed by atoms with Crippen molar-refractivity contribution in [2.45, 2.75) is 18.9 Å². The molecule has 1 atom stereocenters. The molecule has 108 valence electrons. The summed E-state index contributed by atoms with van der Waals surface area (Å²) in [6.45, 7) is 3.29. The molecule has 2 aliphatic rings. The van der Waals surface area contributed by atoms with Crippen LogP contribution in [0.3, 0.4) is 0 Å². The number of carbonyl (C=O) groups excluding carboxylic acids is 1. The van der Waals surface area contributed by atoms with Crippen molar-refractivity contribution in [3.63, 3.8) is 0 Å². The van der Waals surface area contributed by atoms with Crippen LogP contribution in [-0.2, 0) is 7.05 Å². The lowest BCUT2D eigenvalue weighted by atomic mass is 10.1. The molecular weight excluding hydrogens is 260 g/mol. The lowest BCUT2D eigenvalue weighted by Crippen LogP contribution is -2.52. The maximum absolute atomic E-state index is 12.5. The highest BCUT2D eigenvalue weighted by atomic mass is 16.4. The standard InChI is InChI=1S/C13H18N4O3/c1-15-8-10(13(19)20)11(14-15)12(18)17-6-5-16-4-2-3-9(16)7-17/h8-9H,2-7H2,1H3,(H,19,20)/t9-/m1/s1. The van der Waals surface area contributed by atoms with Crippen molar-refractivity contribution in [1.82, 2.24) is 19.6 Å². The first-order chi connectivity index (χ1) is 9.56. The topological polar surface area (TPSA) is 78.7 Å². The molecule has 0 spiro atoms. The number of amides is 1. The molecule has 0 bridgehead atoms. The van der Waals surface area contributed by atoms with Gasteiger partial charge in [-0.25, -0.2) is 4.79 Å². The first-order valence-electron chi connectivity index (χ1n) is 6.86. The summed E-state index contributed by atoms with van der Waals surface area (Å²) in [6, 6.07) is 0.421. The van der Waals surface area contributed by atoms with Crippen LogP contribution in [0.5, 0.6) is 0 Å². The Morgan fingerprint density at radius 3 is 2.90 bits per heavy atom. The van der Waals surface area contributed by atoms with Gasteiger partial charge in [0, 0.05) is 38.9 Å². The number of aromatic carboxylic acids is 1. The molecule has 2 aliphatic heterocycles. The average molecular weight is 278 g/mol. The SMILES string of the molecule is Cn1cc(C(=O)O)c(C(=O)N2CCN3CCC[C@@H]3C2)n1. The molecule has 1 aromatic rings. The predicted octanol–water partition coefficient (Wildman–Crippen LogP) is 0.0385. The van der Waals surface area contributed by atoms with Gasteiger partial charge in [-0.05, 0) is 19.4 Å². The van der Waals surface area contributed by atoms with Crippen LogP contribution >= 0.6 is 0 Å². The summed E-state index contributed by atoms with van der Waals surface area (Å²) in [5.74, 6) is -1.38. The number of hydrogen-bond acceptors (Lipinski definition) is 4. The van der Waals surface area contributed by atoms with Gasteiger partial charge >= 0.3 is 5.97 Å². The second kappa shape index (κ2) is 4.90. The lowest BCUT2D eigenvalue weighted by molar-refractivity contribution is 0.0554. The Bertz CT molecular complexity index is 554. The first kappa shape index (κ1) is 13.1. The molecule has 3 rings (SSSR count). The van der Waals surface area contributed by atoms with Gasteiger partial charge in [0.2, 0.25) is 0 Å². The molecule has 1 amide bonds. The molecule has 7 heteroatoms. The fraction of sp³-hybridized carbons (Fsp3) is 0.615. The third-order valence-electron chi connectivity index (χ3n) is 4.14. The zero-order valence-electron chi connectivity index (χ0n) is 11.4. The van der Waals surface area contributed by atoms with E-state index in [2.05, 4.69) is 10.00 Å². The Kier molecular flexibility index (Phi) is 3.21. The van der Waals surface area contributed by atoms with Gasteiger partial charge in [0.15, 0.2) is 5.69 Å². The number of carbonyl (C=O) groups is 2. The van der Waals surface area contributed by atoms with Crippen molar-refractivity contribution in [1.29, 1.82) is 0 Å². The van der Waals surface area contributed by atoms with Crippen LogP contribution in [0.4, 0.5) is 0 Å². The average Bonchev–Trinajstić information content (AvgIpc) is 3.02. The largest absolute Gasteiger partial charge is 0.478 e. The van der Waals surface area contributed by atoms with Crippen molar-refractivity contribution in [2.24, 2.45) is 7.05 Å². The molecule has 7 nitrogen and oxygen atoms in total. The van der Waals surface area contributed by atoms with Crippen LogP contribution in [0.2, 0.25) is 0 Å².